The van der Waals surface area contributed by atoms with Gasteiger partial charge in [0.15, 0.2) is 0 Å². The molecule has 1 heterocycles. The van der Waals surface area contributed by atoms with Gasteiger partial charge in [-0.1, -0.05) is 36.4 Å². The van der Waals surface area contributed by atoms with Gasteiger partial charge in [0.2, 0.25) is 0 Å². The van der Waals surface area contributed by atoms with Gasteiger partial charge in [0.1, 0.15) is 0 Å². The minimum Gasteiger partial charge on any atom is -0.478 e. The molecule has 0 radical (unpaired) electrons. The third-order valence-corrected chi connectivity index (χ3v) is 2.33. The van der Waals surface area contributed by atoms with Crippen LogP contribution in [0.15, 0.2) is 60.9 Å². The highest BCUT2D eigenvalue weighted by Gasteiger charge is 2.06. The molecule has 0 spiro atoms. The Balaban J connectivity index is 2.51. The molecule has 0 saturated heterocycles. The quantitative estimate of drug-likeness (QED) is 0.817. The molecule has 3 nitrogen and oxygen atoms in total. The van der Waals surface area contributed by atoms with Gasteiger partial charge in [-0.2, -0.15) is 0 Å². The van der Waals surface area contributed by atoms with Crippen LogP contribution >= 0.6 is 0 Å². The molecular formula is C14H11NO2. The van der Waals surface area contributed by atoms with E-state index in [2.05, 4.69) is 4.98 Å². The van der Waals surface area contributed by atoms with Crippen molar-refractivity contribution in [3.8, 4) is 0 Å². The number of hydrogen-bond acceptors (Lipinski definition) is 2. The molecule has 84 valence electrons. The van der Waals surface area contributed by atoms with E-state index in [1.807, 2.05) is 36.4 Å². The summed E-state index contributed by atoms with van der Waals surface area (Å²) in [4.78, 5) is 14.9. The Morgan fingerprint density at radius 2 is 1.76 bits per heavy atom. The van der Waals surface area contributed by atoms with E-state index in [1.54, 1.807) is 18.5 Å². The number of carboxylic acids is 1. The summed E-state index contributed by atoms with van der Waals surface area (Å²) in [5.74, 6) is -0.965. The van der Waals surface area contributed by atoms with E-state index in [-0.39, 0.29) is 0 Å². The Hall–Kier alpha value is -2.42. The molecule has 17 heavy (non-hydrogen) atoms. The predicted octanol–water partition coefficient (Wildman–Crippen LogP) is 2.60. The molecule has 0 fully saturated rings. The highest BCUT2D eigenvalue weighted by Crippen LogP contribution is 2.22. The molecule has 2 aromatic rings. The van der Waals surface area contributed by atoms with Crippen molar-refractivity contribution in [3.63, 3.8) is 0 Å². The van der Waals surface area contributed by atoms with Gasteiger partial charge >= 0.3 is 5.97 Å². The SMILES string of the molecule is O=C(O)/C=C(\c1ccccc1)c1cccnc1. The van der Waals surface area contributed by atoms with Crippen LogP contribution in [0.3, 0.4) is 0 Å². The Bertz CT molecular complexity index is 491. The number of benzene rings is 1. The minimum absolute atomic E-state index is 0.659. The molecule has 0 bridgehead atoms. The zero-order valence-corrected chi connectivity index (χ0v) is 9.08. The number of nitrogens with zero attached hydrogens (tertiary/aromatic N) is 1. The lowest BCUT2D eigenvalue weighted by molar-refractivity contribution is -0.131. The Morgan fingerprint density at radius 3 is 2.35 bits per heavy atom. The average Bonchev–Trinajstić information content (AvgIpc) is 2.38. The number of rotatable bonds is 3. The lowest BCUT2D eigenvalue weighted by atomic mass is 9.99. The number of carbonyl (C=O) groups is 1. The molecule has 0 amide bonds. The minimum atomic E-state index is -0.965. The van der Waals surface area contributed by atoms with Crippen molar-refractivity contribution in [1.29, 1.82) is 0 Å². The third kappa shape index (κ3) is 2.78. The first kappa shape index (κ1) is 11.1. The van der Waals surface area contributed by atoms with E-state index in [1.165, 1.54) is 6.08 Å². The van der Waals surface area contributed by atoms with Crippen LogP contribution in [-0.2, 0) is 4.79 Å². The monoisotopic (exact) mass is 225 g/mol. The van der Waals surface area contributed by atoms with E-state index in [4.69, 9.17) is 5.11 Å². The van der Waals surface area contributed by atoms with Gasteiger partial charge in [-0.15, -0.1) is 0 Å². The fourth-order valence-corrected chi connectivity index (χ4v) is 1.60. The van der Waals surface area contributed by atoms with Gasteiger partial charge in [0, 0.05) is 24.0 Å². The van der Waals surface area contributed by atoms with Gasteiger partial charge in [-0.05, 0) is 17.2 Å². The van der Waals surface area contributed by atoms with Crippen molar-refractivity contribution in [3.05, 3.63) is 72.1 Å². The Morgan fingerprint density at radius 1 is 1.06 bits per heavy atom. The maximum absolute atomic E-state index is 10.9. The molecule has 3 heteroatoms. The van der Waals surface area contributed by atoms with Gasteiger partial charge in [0.05, 0.1) is 0 Å². The van der Waals surface area contributed by atoms with Crippen molar-refractivity contribution in [2.45, 2.75) is 0 Å². The van der Waals surface area contributed by atoms with E-state index < -0.39 is 5.97 Å². The predicted molar refractivity (Wildman–Crippen MR) is 65.4 cm³/mol. The molecule has 0 aliphatic rings. The third-order valence-electron chi connectivity index (χ3n) is 2.33. The highest BCUT2D eigenvalue weighted by molar-refractivity contribution is 5.95. The number of carboxylic acid groups (broad SMARTS) is 1. The number of aromatic nitrogens is 1. The fraction of sp³-hybridized carbons (Fsp3) is 0. The van der Waals surface area contributed by atoms with Gasteiger partial charge in [-0.3, -0.25) is 4.98 Å². The first-order valence-corrected chi connectivity index (χ1v) is 5.18. The Labute approximate surface area is 99.1 Å². The first-order chi connectivity index (χ1) is 8.27. The summed E-state index contributed by atoms with van der Waals surface area (Å²) in [6.07, 6.45) is 4.51. The standard InChI is InChI=1S/C14H11NO2/c16-14(17)9-13(11-5-2-1-3-6-11)12-7-4-8-15-10-12/h1-10H,(H,16,17)/b13-9+. The van der Waals surface area contributed by atoms with E-state index in [0.29, 0.717) is 5.57 Å². The van der Waals surface area contributed by atoms with Crippen LogP contribution < -0.4 is 0 Å². The van der Waals surface area contributed by atoms with E-state index in [0.717, 1.165) is 11.1 Å². The largest absolute Gasteiger partial charge is 0.478 e. The lowest BCUT2D eigenvalue weighted by Gasteiger charge is -2.06. The molecule has 0 aliphatic heterocycles. The zero-order chi connectivity index (χ0) is 12.1. The van der Waals surface area contributed by atoms with Crippen molar-refractivity contribution >= 4 is 11.5 Å². The summed E-state index contributed by atoms with van der Waals surface area (Å²) in [6, 6.07) is 13.0. The summed E-state index contributed by atoms with van der Waals surface area (Å²) >= 11 is 0. The number of hydrogen-bond donors (Lipinski definition) is 1. The number of pyridine rings is 1. The molecule has 1 aromatic heterocycles. The van der Waals surface area contributed by atoms with Crippen molar-refractivity contribution in [2.24, 2.45) is 0 Å². The molecule has 0 aliphatic carbocycles. The van der Waals surface area contributed by atoms with Crippen LogP contribution in [0.5, 0.6) is 0 Å². The second-order valence-electron chi connectivity index (χ2n) is 3.50. The summed E-state index contributed by atoms with van der Waals surface area (Å²) in [7, 11) is 0. The van der Waals surface area contributed by atoms with E-state index >= 15 is 0 Å². The number of aliphatic carboxylic acids is 1. The molecule has 1 aromatic carbocycles. The van der Waals surface area contributed by atoms with Gasteiger partial charge in [0.25, 0.3) is 0 Å². The van der Waals surface area contributed by atoms with Crippen LogP contribution in [0.4, 0.5) is 0 Å². The molecule has 0 atom stereocenters. The van der Waals surface area contributed by atoms with Gasteiger partial charge < -0.3 is 5.11 Å². The average molecular weight is 225 g/mol. The maximum atomic E-state index is 10.9. The Kier molecular flexibility index (Phi) is 3.31. The smallest absolute Gasteiger partial charge is 0.328 e. The van der Waals surface area contributed by atoms with E-state index in [9.17, 15) is 4.79 Å². The van der Waals surface area contributed by atoms with Crippen LogP contribution in [0.25, 0.3) is 5.57 Å². The lowest BCUT2D eigenvalue weighted by Crippen LogP contribution is -1.94. The maximum Gasteiger partial charge on any atom is 0.328 e. The topological polar surface area (TPSA) is 50.2 Å². The van der Waals surface area contributed by atoms with Crippen molar-refractivity contribution in [2.75, 3.05) is 0 Å². The van der Waals surface area contributed by atoms with Crippen LogP contribution in [-0.4, -0.2) is 16.1 Å². The first-order valence-electron chi connectivity index (χ1n) is 5.18. The summed E-state index contributed by atoms with van der Waals surface area (Å²) in [6.45, 7) is 0. The molecule has 2 rings (SSSR count). The highest BCUT2D eigenvalue weighted by atomic mass is 16.4. The van der Waals surface area contributed by atoms with Crippen LogP contribution in [0.2, 0.25) is 0 Å². The summed E-state index contributed by atoms with van der Waals surface area (Å²) in [5.41, 5.74) is 2.32. The van der Waals surface area contributed by atoms with Gasteiger partial charge in [-0.25, -0.2) is 4.79 Å². The molecule has 0 saturated carbocycles. The molecule has 1 N–H and O–H groups in total. The molecular weight excluding hydrogens is 214 g/mol. The van der Waals surface area contributed by atoms with Crippen LogP contribution in [0, 0.1) is 0 Å². The zero-order valence-electron chi connectivity index (χ0n) is 9.08. The summed E-state index contributed by atoms with van der Waals surface area (Å²) in [5, 5.41) is 8.91. The second kappa shape index (κ2) is 5.07. The normalized spacial score (nSPS) is 11.2. The fourth-order valence-electron chi connectivity index (χ4n) is 1.60. The summed E-state index contributed by atoms with van der Waals surface area (Å²) < 4.78 is 0. The second-order valence-corrected chi connectivity index (χ2v) is 3.50. The van der Waals surface area contributed by atoms with Crippen molar-refractivity contribution in [1.82, 2.24) is 4.98 Å². The van der Waals surface area contributed by atoms with Crippen molar-refractivity contribution < 1.29 is 9.90 Å². The van der Waals surface area contributed by atoms with Crippen LogP contribution in [0.1, 0.15) is 11.1 Å². The molecule has 0 unspecified atom stereocenters.